The Hall–Kier alpha value is -2.86. The molecule has 2 aromatic rings. The van der Waals surface area contributed by atoms with Crippen LogP contribution in [0.2, 0.25) is 0 Å². The maximum Gasteiger partial charge on any atom is 0.303 e. The van der Waals surface area contributed by atoms with Crippen molar-refractivity contribution in [2.45, 2.75) is 57.2 Å². The van der Waals surface area contributed by atoms with E-state index in [1.807, 2.05) is 44.2 Å². The zero-order chi connectivity index (χ0) is 20.3. The van der Waals surface area contributed by atoms with Crippen LogP contribution in [-0.4, -0.2) is 29.7 Å². The van der Waals surface area contributed by atoms with Crippen LogP contribution in [0.25, 0.3) is 0 Å². The van der Waals surface area contributed by atoms with Gasteiger partial charge in [0.2, 0.25) is 6.29 Å². The van der Waals surface area contributed by atoms with E-state index in [-0.39, 0.29) is 30.2 Å². The van der Waals surface area contributed by atoms with Crippen molar-refractivity contribution in [2.24, 2.45) is 0 Å². The van der Waals surface area contributed by atoms with Gasteiger partial charge in [0, 0.05) is 6.92 Å². The molecular weight excluding hydrogens is 372 g/mol. The summed E-state index contributed by atoms with van der Waals surface area (Å²) in [7, 11) is 0. The van der Waals surface area contributed by atoms with Crippen molar-refractivity contribution in [1.29, 1.82) is 0 Å². The minimum Gasteiger partial charge on any atom is -0.484 e. The summed E-state index contributed by atoms with van der Waals surface area (Å²) >= 11 is 0. The molecule has 0 unspecified atom stereocenters. The molecule has 2 aromatic carbocycles. The number of carbonyl (C=O) groups excluding carboxylic acids is 2. The molecular formula is C23H22O6. The highest BCUT2D eigenvalue weighted by Crippen LogP contribution is 2.56. The molecule has 0 N–H and O–H groups in total. The molecule has 0 aromatic heterocycles. The second-order valence-corrected chi connectivity index (χ2v) is 8.26. The minimum atomic E-state index is -0.723. The van der Waals surface area contributed by atoms with Gasteiger partial charge in [0.25, 0.3) is 0 Å². The highest BCUT2D eigenvalue weighted by atomic mass is 16.7. The van der Waals surface area contributed by atoms with Crippen molar-refractivity contribution in [2.75, 3.05) is 0 Å². The third kappa shape index (κ3) is 2.82. The van der Waals surface area contributed by atoms with Crippen LogP contribution >= 0.6 is 0 Å². The van der Waals surface area contributed by atoms with Crippen molar-refractivity contribution in [3.8, 4) is 11.5 Å². The van der Waals surface area contributed by atoms with Crippen LogP contribution in [0.1, 0.15) is 60.7 Å². The number of Topliss-reactive ketones (excluding diaryl/α,β-unsaturated/α-hetero) is 1. The molecule has 0 amide bonds. The lowest BCUT2D eigenvalue weighted by Crippen LogP contribution is -2.38. The number of benzene rings is 2. The lowest BCUT2D eigenvalue weighted by atomic mass is 9.85. The molecule has 0 radical (unpaired) electrons. The molecule has 150 valence electrons. The van der Waals surface area contributed by atoms with Crippen molar-refractivity contribution < 1.29 is 28.5 Å². The molecule has 0 aliphatic carbocycles. The van der Waals surface area contributed by atoms with E-state index in [2.05, 4.69) is 0 Å². The Morgan fingerprint density at radius 3 is 2.59 bits per heavy atom. The molecule has 0 saturated carbocycles. The normalized spacial score (nSPS) is 28.6. The van der Waals surface area contributed by atoms with Gasteiger partial charge < -0.3 is 18.9 Å². The second kappa shape index (κ2) is 6.32. The molecule has 0 spiro atoms. The van der Waals surface area contributed by atoms with Crippen LogP contribution in [0.15, 0.2) is 42.5 Å². The first kappa shape index (κ1) is 18.2. The van der Waals surface area contributed by atoms with E-state index in [0.717, 1.165) is 11.1 Å². The molecule has 29 heavy (non-hydrogen) atoms. The molecule has 6 nitrogen and oxygen atoms in total. The Labute approximate surface area is 168 Å². The van der Waals surface area contributed by atoms with E-state index >= 15 is 0 Å². The molecule has 1 saturated heterocycles. The topological polar surface area (TPSA) is 71.1 Å². The Balaban J connectivity index is 1.60. The molecule has 5 rings (SSSR count). The van der Waals surface area contributed by atoms with Gasteiger partial charge in [0.15, 0.2) is 5.78 Å². The van der Waals surface area contributed by atoms with Crippen molar-refractivity contribution in [3.05, 3.63) is 59.2 Å². The van der Waals surface area contributed by atoms with Gasteiger partial charge in [-0.25, -0.2) is 0 Å². The van der Waals surface area contributed by atoms with Gasteiger partial charge in [0.1, 0.15) is 29.3 Å². The summed E-state index contributed by atoms with van der Waals surface area (Å²) in [5.41, 5.74) is 1.50. The zero-order valence-corrected chi connectivity index (χ0v) is 16.5. The highest BCUT2D eigenvalue weighted by Gasteiger charge is 2.59. The molecule has 4 atom stereocenters. The fourth-order valence-corrected chi connectivity index (χ4v) is 4.58. The first-order valence-corrected chi connectivity index (χ1v) is 9.78. The summed E-state index contributed by atoms with van der Waals surface area (Å²) in [6.45, 7) is 5.12. The van der Waals surface area contributed by atoms with E-state index in [1.165, 1.54) is 6.92 Å². The number of fused-ring (bicyclic) bond motifs is 5. The maximum atomic E-state index is 12.9. The Morgan fingerprint density at radius 1 is 1.10 bits per heavy atom. The van der Waals surface area contributed by atoms with Crippen LogP contribution in [0.4, 0.5) is 0 Å². The van der Waals surface area contributed by atoms with E-state index in [9.17, 15) is 9.59 Å². The Bertz CT molecular complexity index is 996. The fraction of sp³-hybridized carbons (Fsp3) is 0.391. The highest BCUT2D eigenvalue weighted by molar-refractivity contribution is 6.01. The van der Waals surface area contributed by atoms with Crippen LogP contribution < -0.4 is 9.47 Å². The van der Waals surface area contributed by atoms with Crippen LogP contribution in [-0.2, 0) is 14.3 Å². The van der Waals surface area contributed by atoms with Gasteiger partial charge >= 0.3 is 5.97 Å². The summed E-state index contributed by atoms with van der Waals surface area (Å²) < 4.78 is 24.1. The minimum absolute atomic E-state index is 0.0218. The number of rotatable bonds is 2. The third-order valence-electron chi connectivity index (χ3n) is 5.85. The standard InChI is InChI=1S/C23H22O6/c1-12(24)26-21-19-18-16(28-22(19)29-23(21,2)3)10-9-14-15(25)11-17(27-20(14)18)13-7-5-4-6-8-13/h4-10,17,19,21-22H,11H2,1-3H3/t17-,19+,21+,22-/m0/s1. The molecule has 3 heterocycles. The predicted octanol–water partition coefficient (Wildman–Crippen LogP) is 3.94. The largest absolute Gasteiger partial charge is 0.484 e. The predicted molar refractivity (Wildman–Crippen MR) is 103 cm³/mol. The summed E-state index contributed by atoms with van der Waals surface area (Å²) in [5.74, 6) is 0.394. The van der Waals surface area contributed by atoms with E-state index in [1.54, 1.807) is 12.1 Å². The first-order valence-electron chi connectivity index (χ1n) is 9.78. The molecule has 3 aliphatic heterocycles. The lowest BCUT2D eigenvalue weighted by molar-refractivity contribution is -0.159. The molecule has 3 aliphatic rings. The van der Waals surface area contributed by atoms with Gasteiger partial charge in [0.05, 0.1) is 23.5 Å². The Kier molecular flexibility index (Phi) is 3.96. The smallest absolute Gasteiger partial charge is 0.303 e. The number of esters is 1. The fourth-order valence-electron chi connectivity index (χ4n) is 4.58. The van der Waals surface area contributed by atoms with Crippen molar-refractivity contribution in [1.82, 2.24) is 0 Å². The summed E-state index contributed by atoms with van der Waals surface area (Å²) in [6, 6.07) is 13.2. The Morgan fingerprint density at radius 2 is 1.86 bits per heavy atom. The van der Waals surface area contributed by atoms with E-state index in [4.69, 9.17) is 18.9 Å². The quantitative estimate of drug-likeness (QED) is 0.719. The second-order valence-electron chi connectivity index (χ2n) is 8.26. The monoisotopic (exact) mass is 394 g/mol. The number of hydrogen-bond acceptors (Lipinski definition) is 6. The lowest BCUT2D eigenvalue weighted by Gasteiger charge is -2.31. The zero-order valence-electron chi connectivity index (χ0n) is 16.5. The van der Waals surface area contributed by atoms with Crippen molar-refractivity contribution >= 4 is 11.8 Å². The number of ketones is 1. The number of ether oxygens (including phenoxy) is 4. The number of hydrogen-bond donors (Lipinski definition) is 0. The average molecular weight is 394 g/mol. The molecule has 1 fully saturated rings. The van der Waals surface area contributed by atoms with E-state index in [0.29, 0.717) is 17.1 Å². The summed E-state index contributed by atoms with van der Waals surface area (Å²) in [5, 5.41) is 0. The average Bonchev–Trinajstić information content (AvgIpc) is 3.14. The van der Waals surface area contributed by atoms with Gasteiger partial charge in [-0.15, -0.1) is 0 Å². The maximum absolute atomic E-state index is 12.9. The molecule has 0 bridgehead atoms. The van der Waals surface area contributed by atoms with Gasteiger partial charge in [-0.3, -0.25) is 9.59 Å². The van der Waals surface area contributed by atoms with Gasteiger partial charge in [-0.2, -0.15) is 0 Å². The molecule has 6 heteroatoms. The van der Waals surface area contributed by atoms with E-state index < -0.39 is 18.0 Å². The van der Waals surface area contributed by atoms with Crippen molar-refractivity contribution in [3.63, 3.8) is 0 Å². The SMILES string of the molecule is CC(=O)O[C@@H]1[C@H]2c3c(ccc4c3O[C@H](c3ccccc3)CC4=O)O[C@H]2OC1(C)C. The summed E-state index contributed by atoms with van der Waals surface area (Å²) in [6.07, 6.45) is -1.23. The van der Waals surface area contributed by atoms with Crippen LogP contribution in [0, 0.1) is 0 Å². The van der Waals surface area contributed by atoms with Gasteiger partial charge in [-0.1, -0.05) is 30.3 Å². The number of carbonyl (C=O) groups is 2. The summed E-state index contributed by atoms with van der Waals surface area (Å²) in [4.78, 5) is 24.7. The van der Waals surface area contributed by atoms with Gasteiger partial charge in [-0.05, 0) is 31.5 Å². The third-order valence-corrected chi connectivity index (χ3v) is 5.85. The van der Waals surface area contributed by atoms with Crippen LogP contribution in [0.3, 0.4) is 0 Å². The first-order chi connectivity index (χ1) is 13.8. The van der Waals surface area contributed by atoms with Crippen LogP contribution in [0.5, 0.6) is 11.5 Å².